The lowest BCUT2D eigenvalue weighted by molar-refractivity contribution is -0.274. The highest BCUT2D eigenvalue weighted by molar-refractivity contribution is 7.89. The number of amides is 1. The lowest BCUT2D eigenvalue weighted by Crippen LogP contribution is -2.54. The van der Waals surface area contributed by atoms with Crippen LogP contribution in [0.3, 0.4) is 0 Å². The average molecular weight is 517 g/mol. The van der Waals surface area contributed by atoms with Gasteiger partial charge in [0, 0.05) is 11.8 Å². The van der Waals surface area contributed by atoms with E-state index in [1.165, 1.54) is 12.1 Å². The molecule has 1 amide bonds. The summed E-state index contributed by atoms with van der Waals surface area (Å²) in [5.41, 5.74) is -0.0479. The SMILES string of the molecule is CS(=O)(=O)NC(=O)c1cc(Cl)c(OC2CN(c3ccc(OC(F)(F)F)c(Cl)c3)C2)cc1F. The molecule has 0 radical (unpaired) electrons. The zero-order valence-electron chi connectivity index (χ0n) is 16.0. The van der Waals surface area contributed by atoms with Crippen LogP contribution in [0.1, 0.15) is 10.4 Å². The number of carbonyl (C=O) groups is 1. The van der Waals surface area contributed by atoms with E-state index in [0.29, 0.717) is 18.8 Å². The summed E-state index contributed by atoms with van der Waals surface area (Å²) in [5, 5.41) is -0.336. The summed E-state index contributed by atoms with van der Waals surface area (Å²) >= 11 is 11.9. The van der Waals surface area contributed by atoms with E-state index in [2.05, 4.69) is 4.74 Å². The first-order chi connectivity index (χ1) is 14.7. The van der Waals surface area contributed by atoms with Crippen LogP contribution < -0.4 is 19.1 Å². The van der Waals surface area contributed by atoms with Crippen LogP contribution in [0.2, 0.25) is 10.0 Å². The molecule has 14 heteroatoms. The van der Waals surface area contributed by atoms with Crippen LogP contribution >= 0.6 is 23.2 Å². The minimum Gasteiger partial charge on any atom is -0.485 e. The molecule has 174 valence electrons. The monoisotopic (exact) mass is 516 g/mol. The highest BCUT2D eigenvalue weighted by Crippen LogP contribution is 2.36. The van der Waals surface area contributed by atoms with E-state index in [1.54, 1.807) is 9.62 Å². The van der Waals surface area contributed by atoms with E-state index < -0.39 is 45.5 Å². The minimum atomic E-state index is -4.86. The van der Waals surface area contributed by atoms with E-state index in [9.17, 15) is 30.8 Å². The maximum absolute atomic E-state index is 14.3. The van der Waals surface area contributed by atoms with Crippen molar-refractivity contribution in [2.45, 2.75) is 12.5 Å². The molecule has 0 unspecified atom stereocenters. The number of carbonyl (C=O) groups excluding carboxylic acids is 1. The first kappa shape index (κ1) is 24.2. The van der Waals surface area contributed by atoms with Gasteiger partial charge in [-0.1, -0.05) is 23.2 Å². The Kier molecular flexibility index (Phi) is 6.68. The van der Waals surface area contributed by atoms with Gasteiger partial charge >= 0.3 is 6.36 Å². The van der Waals surface area contributed by atoms with Gasteiger partial charge in [-0.3, -0.25) is 4.79 Å². The van der Waals surface area contributed by atoms with Crippen LogP contribution in [0.15, 0.2) is 30.3 Å². The molecule has 0 atom stereocenters. The van der Waals surface area contributed by atoms with Crippen LogP contribution in [0.4, 0.5) is 23.2 Å². The van der Waals surface area contributed by atoms with Crippen LogP contribution in [0, 0.1) is 5.82 Å². The Morgan fingerprint density at radius 1 is 1.12 bits per heavy atom. The molecule has 1 saturated heterocycles. The number of halogens is 6. The highest BCUT2D eigenvalue weighted by atomic mass is 35.5. The van der Waals surface area contributed by atoms with Gasteiger partial charge in [0.05, 0.1) is 35.0 Å². The number of alkyl halides is 3. The third kappa shape index (κ3) is 6.08. The van der Waals surface area contributed by atoms with Crippen molar-refractivity contribution in [2.24, 2.45) is 0 Å². The fraction of sp³-hybridized carbons (Fsp3) is 0.278. The van der Waals surface area contributed by atoms with Gasteiger partial charge in [0.15, 0.2) is 0 Å². The number of ether oxygens (including phenoxy) is 2. The molecular weight excluding hydrogens is 503 g/mol. The summed E-state index contributed by atoms with van der Waals surface area (Å²) in [6.07, 6.45) is -4.56. The smallest absolute Gasteiger partial charge is 0.485 e. The molecule has 1 N–H and O–H groups in total. The molecule has 32 heavy (non-hydrogen) atoms. The molecule has 2 aromatic rings. The number of hydrogen-bond acceptors (Lipinski definition) is 6. The summed E-state index contributed by atoms with van der Waals surface area (Å²) in [7, 11) is -3.89. The van der Waals surface area contributed by atoms with Crippen molar-refractivity contribution in [3.63, 3.8) is 0 Å². The highest BCUT2D eigenvalue weighted by Gasteiger charge is 2.33. The summed E-state index contributed by atoms with van der Waals surface area (Å²) in [5.74, 6) is -2.80. The Labute approximate surface area is 189 Å². The Hall–Kier alpha value is -2.44. The third-order valence-electron chi connectivity index (χ3n) is 4.19. The van der Waals surface area contributed by atoms with E-state index in [0.717, 1.165) is 24.5 Å². The molecule has 0 saturated carbocycles. The Balaban J connectivity index is 1.63. The van der Waals surface area contributed by atoms with Gasteiger partial charge in [-0.15, -0.1) is 13.2 Å². The molecule has 1 aliphatic heterocycles. The second kappa shape index (κ2) is 8.83. The standard InChI is InChI=1S/C18H14Cl2F4N2O5S/c1-32(28,29)25-17(27)11-5-13(20)16(6-14(11)21)30-10-7-26(8-10)9-2-3-15(12(19)4-9)31-18(22,23)24/h2-6,10H,7-8H2,1H3,(H,25,27). The summed E-state index contributed by atoms with van der Waals surface area (Å²) in [6.45, 7) is 0.591. The van der Waals surface area contributed by atoms with Crippen molar-refractivity contribution in [2.75, 3.05) is 24.2 Å². The zero-order valence-corrected chi connectivity index (χ0v) is 18.4. The number of anilines is 1. The molecule has 0 aromatic heterocycles. The molecule has 1 aliphatic rings. The van der Waals surface area contributed by atoms with Crippen LogP contribution in [0.5, 0.6) is 11.5 Å². The Bertz CT molecular complexity index is 1150. The maximum atomic E-state index is 14.3. The van der Waals surface area contributed by atoms with E-state index in [1.807, 2.05) is 0 Å². The van der Waals surface area contributed by atoms with Gasteiger partial charge in [0.2, 0.25) is 10.0 Å². The molecule has 1 heterocycles. The van der Waals surface area contributed by atoms with E-state index in [-0.39, 0.29) is 15.8 Å². The molecule has 7 nitrogen and oxygen atoms in total. The summed E-state index contributed by atoms with van der Waals surface area (Å²) in [6, 6.07) is 5.60. The summed E-state index contributed by atoms with van der Waals surface area (Å²) < 4.78 is 84.5. The third-order valence-corrected chi connectivity index (χ3v) is 5.34. The van der Waals surface area contributed by atoms with Gasteiger partial charge < -0.3 is 14.4 Å². The number of benzene rings is 2. The van der Waals surface area contributed by atoms with E-state index >= 15 is 0 Å². The molecule has 3 rings (SSSR count). The summed E-state index contributed by atoms with van der Waals surface area (Å²) in [4.78, 5) is 13.6. The second-order valence-corrected chi connectivity index (χ2v) is 9.34. The lowest BCUT2D eigenvalue weighted by Gasteiger charge is -2.41. The molecule has 0 bridgehead atoms. The Morgan fingerprint density at radius 2 is 1.75 bits per heavy atom. The maximum Gasteiger partial charge on any atom is 0.573 e. The zero-order chi connectivity index (χ0) is 23.8. The number of hydrogen-bond donors (Lipinski definition) is 1. The van der Waals surface area contributed by atoms with Crippen LogP contribution in [0.25, 0.3) is 0 Å². The predicted molar refractivity (Wildman–Crippen MR) is 108 cm³/mol. The van der Waals surface area contributed by atoms with Gasteiger partial charge in [-0.05, 0) is 24.3 Å². The van der Waals surface area contributed by atoms with Gasteiger partial charge in [0.1, 0.15) is 23.4 Å². The fourth-order valence-electron chi connectivity index (χ4n) is 2.81. The van der Waals surface area contributed by atoms with Crippen molar-refractivity contribution in [3.8, 4) is 11.5 Å². The van der Waals surface area contributed by atoms with Crippen molar-refractivity contribution in [3.05, 3.63) is 51.8 Å². The molecule has 1 fully saturated rings. The van der Waals surface area contributed by atoms with Gasteiger partial charge in [-0.2, -0.15) is 0 Å². The topological polar surface area (TPSA) is 84.9 Å². The normalized spacial score (nSPS) is 14.7. The van der Waals surface area contributed by atoms with E-state index in [4.69, 9.17) is 27.9 Å². The van der Waals surface area contributed by atoms with Gasteiger partial charge in [0.25, 0.3) is 5.91 Å². The molecular formula is C18H14Cl2F4N2O5S. The van der Waals surface area contributed by atoms with Crippen molar-refractivity contribution >= 4 is 44.8 Å². The molecule has 0 aliphatic carbocycles. The van der Waals surface area contributed by atoms with Crippen LogP contribution in [-0.2, 0) is 10.0 Å². The second-order valence-electron chi connectivity index (χ2n) is 6.77. The number of nitrogens with zero attached hydrogens (tertiary/aromatic N) is 1. The van der Waals surface area contributed by atoms with Crippen LogP contribution in [-0.4, -0.2) is 46.1 Å². The Morgan fingerprint density at radius 3 is 2.31 bits per heavy atom. The molecule has 0 spiro atoms. The average Bonchev–Trinajstić information content (AvgIpc) is 2.59. The van der Waals surface area contributed by atoms with Crippen molar-refractivity contribution < 1.29 is 40.2 Å². The quantitative estimate of drug-likeness (QED) is 0.584. The first-order valence-electron chi connectivity index (χ1n) is 8.70. The largest absolute Gasteiger partial charge is 0.573 e. The number of sulfonamides is 1. The fourth-order valence-corrected chi connectivity index (χ4v) is 3.68. The van der Waals surface area contributed by atoms with Gasteiger partial charge in [-0.25, -0.2) is 17.5 Å². The predicted octanol–water partition coefficient (Wildman–Crippen LogP) is 3.99. The number of rotatable bonds is 6. The molecule has 2 aromatic carbocycles. The van der Waals surface area contributed by atoms with Crippen molar-refractivity contribution in [1.29, 1.82) is 0 Å². The minimum absolute atomic E-state index is 0.0586. The van der Waals surface area contributed by atoms with Crippen molar-refractivity contribution in [1.82, 2.24) is 4.72 Å². The number of nitrogens with one attached hydrogen (secondary N) is 1. The lowest BCUT2D eigenvalue weighted by atomic mass is 10.1. The first-order valence-corrected chi connectivity index (χ1v) is 11.3.